The molecule has 2 heterocycles. The molecule has 1 saturated heterocycles. The van der Waals surface area contributed by atoms with E-state index in [1.807, 2.05) is 11.7 Å². The van der Waals surface area contributed by atoms with Crippen molar-refractivity contribution >= 4 is 5.82 Å². The van der Waals surface area contributed by atoms with E-state index in [2.05, 4.69) is 41.2 Å². The molecule has 0 spiro atoms. The Morgan fingerprint density at radius 1 is 1.30 bits per heavy atom. The first-order chi connectivity index (χ1) is 11.1. The van der Waals surface area contributed by atoms with Crippen LogP contribution < -0.4 is 10.2 Å². The van der Waals surface area contributed by atoms with E-state index in [-0.39, 0.29) is 0 Å². The summed E-state index contributed by atoms with van der Waals surface area (Å²) in [7, 11) is 6.44. The molecule has 2 aliphatic rings. The molecule has 1 aromatic rings. The number of nitrogens with zero attached hydrogens (tertiary/aromatic N) is 4. The molecule has 1 N–H and O–H groups in total. The number of rotatable bonds is 7. The van der Waals surface area contributed by atoms with Crippen molar-refractivity contribution in [2.45, 2.75) is 32.4 Å². The molecule has 1 aliphatic heterocycles. The van der Waals surface area contributed by atoms with Crippen LogP contribution >= 0.6 is 0 Å². The average Bonchev–Trinajstić information content (AvgIpc) is 3.30. The second-order valence-corrected chi connectivity index (χ2v) is 7.11. The van der Waals surface area contributed by atoms with Gasteiger partial charge in [0, 0.05) is 44.8 Å². The lowest BCUT2D eigenvalue weighted by Gasteiger charge is -2.30. The van der Waals surface area contributed by atoms with E-state index in [0.29, 0.717) is 6.04 Å². The van der Waals surface area contributed by atoms with E-state index in [9.17, 15) is 0 Å². The zero-order chi connectivity index (χ0) is 16.4. The van der Waals surface area contributed by atoms with Crippen LogP contribution in [0.2, 0.25) is 0 Å². The summed E-state index contributed by atoms with van der Waals surface area (Å²) < 4.78 is 7.52. The van der Waals surface area contributed by atoms with Gasteiger partial charge in [-0.1, -0.05) is 0 Å². The molecular weight excluding hydrogens is 290 g/mol. The van der Waals surface area contributed by atoms with E-state index < -0.39 is 0 Å². The van der Waals surface area contributed by atoms with Crippen LogP contribution in [0, 0.1) is 12.8 Å². The van der Waals surface area contributed by atoms with Crippen LogP contribution in [0.4, 0.5) is 5.82 Å². The summed E-state index contributed by atoms with van der Waals surface area (Å²) in [5, 5.41) is 8.34. The van der Waals surface area contributed by atoms with Crippen LogP contribution in [0.3, 0.4) is 0 Å². The third-order valence-electron chi connectivity index (χ3n) is 5.11. The Labute approximate surface area is 139 Å². The Bertz CT molecular complexity index is 515. The maximum absolute atomic E-state index is 5.49. The molecule has 2 fully saturated rings. The van der Waals surface area contributed by atoms with Crippen molar-refractivity contribution < 1.29 is 4.74 Å². The van der Waals surface area contributed by atoms with Crippen molar-refractivity contribution in [1.82, 2.24) is 20.0 Å². The molecule has 0 aromatic carbocycles. The molecule has 23 heavy (non-hydrogen) atoms. The molecule has 6 nitrogen and oxygen atoms in total. The molecule has 6 heteroatoms. The fraction of sp³-hybridized carbons (Fsp3) is 0.824. The molecule has 1 aliphatic carbocycles. The van der Waals surface area contributed by atoms with Crippen molar-refractivity contribution in [1.29, 1.82) is 0 Å². The van der Waals surface area contributed by atoms with Crippen molar-refractivity contribution in [2.24, 2.45) is 13.0 Å². The molecule has 0 unspecified atom stereocenters. The second kappa shape index (κ2) is 7.20. The smallest absolute Gasteiger partial charge is 0.131 e. The predicted octanol–water partition coefficient (Wildman–Crippen LogP) is 0.995. The summed E-state index contributed by atoms with van der Waals surface area (Å²) >= 11 is 0. The molecule has 0 amide bonds. The molecular formula is C17H31N5O. The van der Waals surface area contributed by atoms with Gasteiger partial charge in [-0.15, -0.1) is 0 Å². The standard InChI is InChI=1S/C17H31N5O/c1-13-15(11-18-12-16(20(2)3)14-5-6-14)17(21(4)19-13)22-7-9-23-10-8-22/h14,16,18H,5-12H2,1-4H3/t16-/m1/s1. The molecule has 3 rings (SSSR count). The largest absolute Gasteiger partial charge is 0.378 e. The summed E-state index contributed by atoms with van der Waals surface area (Å²) in [6.07, 6.45) is 2.77. The lowest BCUT2D eigenvalue weighted by molar-refractivity contribution is 0.122. The topological polar surface area (TPSA) is 45.6 Å². The number of likely N-dealkylation sites (N-methyl/N-ethyl adjacent to an activating group) is 1. The first kappa shape index (κ1) is 16.7. The summed E-state index contributed by atoms with van der Waals surface area (Å²) in [6.45, 7) is 7.58. The van der Waals surface area contributed by atoms with Crippen molar-refractivity contribution in [3.05, 3.63) is 11.3 Å². The Morgan fingerprint density at radius 3 is 2.61 bits per heavy atom. The highest BCUT2D eigenvalue weighted by atomic mass is 16.5. The van der Waals surface area contributed by atoms with E-state index in [1.54, 1.807) is 0 Å². The number of hydrogen-bond acceptors (Lipinski definition) is 5. The first-order valence-corrected chi connectivity index (χ1v) is 8.80. The van der Waals surface area contributed by atoms with Crippen LogP contribution in [-0.4, -0.2) is 67.7 Å². The molecule has 0 radical (unpaired) electrons. The number of nitrogens with one attached hydrogen (secondary N) is 1. The monoisotopic (exact) mass is 321 g/mol. The normalized spacial score (nSPS) is 20.3. The average molecular weight is 321 g/mol. The number of ether oxygens (including phenoxy) is 1. The minimum atomic E-state index is 0.652. The number of anilines is 1. The maximum atomic E-state index is 5.49. The van der Waals surface area contributed by atoms with Crippen molar-refractivity contribution in [3.63, 3.8) is 0 Å². The van der Waals surface area contributed by atoms with Crippen LogP contribution in [0.5, 0.6) is 0 Å². The minimum Gasteiger partial charge on any atom is -0.378 e. The Balaban J connectivity index is 1.64. The number of morpholine rings is 1. The van der Waals surface area contributed by atoms with Gasteiger partial charge in [-0.2, -0.15) is 5.10 Å². The third kappa shape index (κ3) is 3.87. The van der Waals surface area contributed by atoms with Gasteiger partial charge in [0.2, 0.25) is 0 Å². The molecule has 1 saturated carbocycles. The van der Waals surface area contributed by atoms with Gasteiger partial charge in [0.05, 0.1) is 18.9 Å². The Hall–Kier alpha value is -1.11. The maximum Gasteiger partial charge on any atom is 0.131 e. The van der Waals surface area contributed by atoms with E-state index in [1.165, 1.54) is 24.2 Å². The van der Waals surface area contributed by atoms with Crippen LogP contribution in [0.1, 0.15) is 24.1 Å². The highest BCUT2D eigenvalue weighted by molar-refractivity contribution is 5.50. The van der Waals surface area contributed by atoms with Gasteiger partial charge in [-0.25, -0.2) is 0 Å². The zero-order valence-corrected chi connectivity index (χ0v) is 15.0. The fourth-order valence-electron chi connectivity index (χ4n) is 3.66. The fourth-order valence-corrected chi connectivity index (χ4v) is 3.66. The van der Waals surface area contributed by atoms with Gasteiger partial charge in [0.25, 0.3) is 0 Å². The quantitative estimate of drug-likeness (QED) is 0.812. The Kier molecular flexibility index (Phi) is 5.24. The van der Waals surface area contributed by atoms with E-state index in [0.717, 1.165) is 51.0 Å². The van der Waals surface area contributed by atoms with Crippen molar-refractivity contribution in [3.8, 4) is 0 Å². The number of hydrogen-bond donors (Lipinski definition) is 1. The van der Waals surface area contributed by atoms with Gasteiger partial charge in [0.1, 0.15) is 5.82 Å². The van der Waals surface area contributed by atoms with E-state index >= 15 is 0 Å². The highest BCUT2D eigenvalue weighted by Gasteiger charge is 2.32. The van der Waals surface area contributed by atoms with Gasteiger partial charge >= 0.3 is 0 Å². The van der Waals surface area contributed by atoms with Gasteiger partial charge in [-0.3, -0.25) is 4.68 Å². The molecule has 0 bridgehead atoms. The van der Waals surface area contributed by atoms with Gasteiger partial charge in [0.15, 0.2) is 0 Å². The summed E-state index contributed by atoms with van der Waals surface area (Å²) in [6, 6.07) is 0.652. The summed E-state index contributed by atoms with van der Waals surface area (Å²) in [5.74, 6) is 2.14. The number of aromatic nitrogens is 2. The lowest BCUT2D eigenvalue weighted by Crippen LogP contribution is -2.40. The summed E-state index contributed by atoms with van der Waals surface area (Å²) in [5.41, 5.74) is 2.47. The lowest BCUT2D eigenvalue weighted by atomic mass is 10.1. The summed E-state index contributed by atoms with van der Waals surface area (Å²) in [4.78, 5) is 4.77. The molecule has 1 atom stereocenters. The van der Waals surface area contributed by atoms with Gasteiger partial charge < -0.3 is 19.9 Å². The predicted molar refractivity (Wildman–Crippen MR) is 92.9 cm³/mol. The highest BCUT2D eigenvalue weighted by Crippen LogP contribution is 2.34. The molecule has 130 valence electrons. The minimum absolute atomic E-state index is 0.652. The van der Waals surface area contributed by atoms with E-state index in [4.69, 9.17) is 4.74 Å². The number of aryl methyl sites for hydroxylation is 2. The second-order valence-electron chi connectivity index (χ2n) is 7.11. The SMILES string of the molecule is Cc1nn(C)c(N2CCOCC2)c1CNC[C@H](C1CC1)N(C)C. The zero-order valence-electron chi connectivity index (χ0n) is 15.0. The first-order valence-electron chi connectivity index (χ1n) is 8.80. The van der Waals surface area contributed by atoms with Gasteiger partial charge in [-0.05, 0) is 39.8 Å². The van der Waals surface area contributed by atoms with Crippen molar-refractivity contribution in [2.75, 3.05) is 51.8 Å². The Morgan fingerprint density at radius 2 is 2.00 bits per heavy atom. The van der Waals surface area contributed by atoms with Crippen LogP contribution in [0.25, 0.3) is 0 Å². The van der Waals surface area contributed by atoms with Crippen LogP contribution in [-0.2, 0) is 18.3 Å². The van der Waals surface area contributed by atoms with Crippen LogP contribution in [0.15, 0.2) is 0 Å². The molecule has 1 aromatic heterocycles. The third-order valence-corrected chi connectivity index (χ3v) is 5.11.